The zero-order valence-corrected chi connectivity index (χ0v) is 16.9. The van der Waals surface area contributed by atoms with E-state index in [2.05, 4.69) is 15.6 Å². The first-order chi connectivity index (χ1) is 13.9. The molecule has 3 aromatic rings. The summed E-state index contributed by atoms with van der Waals surface area (Å²) >= 11 is 1.33. The van der Waals surface area contributed by atoms with Crippen LogP contribution in [0.1, 0.15) is 18.9 Å². The smallest absolute Gasteiger partial charge is 0.231 e. The third kappa shape index (κ3) is 4.12. The summed E-state index contributed by atoms with van der Waals surface area (Å²) in [4.78, 5) is 42.4. The van der Waals surface area contributed by atoms with E-state index in [0.717, 1.165) is 21.5 Å². The first-order valence-corrected chi connectivity index (χ1v) is 10.1. The average molecular weight is 408 g/mol. The summed E-state index contributed by atoms with van der Waals surface area (Å²) in [6.45, 7) is 3.79. The van der Waals surface area contributed by atoms with Crippen LogP contribution in [-0.4, -0.2) is 29.3 Å². The van der Waals surface area contributed by atoms with E-state index in [0.29, 0.717) is 17.4 Å². The van der Waals surface area contributed by atoms with Gasteiger partial charge in [0.15, 0.2) is 5.13 Å². The van der Waals surface area contributed by atoms with E-state index in [1.165, 1.54) is 18.3 Å². The summed E-state index contributed by atoms with van der Waals surface area (Å²) in [7, 11) is 0. The van der Waals surface area contributed by atoms with E-state index in [-0.39, 0.29) is 24.1 Å². The molecule has 0 saturated carbocycles. The van der Waals surface area contributed by atoms with Crippen molar-refractivity contribution in [2.45, 2.75) is 20.3 Å². The van der Waals surface area contributed by atoms with Crippen molar-refractivity contribution < 1.29 is 14.4 Å². The molecule has 1 atom stereocenters. The van der Waals surface area contributed by atoms with Crippen molar-refractivity contribution in [3.63, 3.8) is 0 Å². The van der Waals surface area contributed by atoms with Crippen LogP contribution in [0.2, 0.25) is 0 Å². The van der Waals surface area contributed by atoms with Crippen LogP contribution in [0.15, 0.2) is 42.5 Å². The second-order valence-electron chi connectivity index (χ2n) is 7.11. The fraction of sp³-hybridized carbons (Fsp3) is 0.238. The van der Waals surface area contributed by atoms with Crippen LogP contribution < -0.4 is 15.5 Å². The second-order valence-corrected chi connectivity index (χ2v) is 8.14. The predicted octanol–water partition coefficient (Wildman–Crippen LogP) is 3.55. The first kappa shape index (κ1) is 19.1. The molecule has 7 nitrogen and oxygen atoms in total. The van der Waals surface area contributed by atoms with Crippen molar-refractivity contribution >= 4 is 55.8 Å². The number of nitrogens with zero attached hydrogens (tertiary/aromatic N) is 2. The number of amides is 3. The average Bonchev–Trinajstić information content (AvgIpc) is 3.24. The maximum absolute atomic E-state index is 12.7. The molecule has 0 aliphatic carbocycles. The van der Waals surface area contributed by atoms with Gasteiger partial charge in [0.25, 0.3) is 0 Å². The molecule has 148 valence electrons. The summed E-state index contributed by atoms with van der Waals surface area (Å²) in [5.41, 5.74) is 3.35. The lowest BCUT2D eigenvalue weighted by atomic mass is 10.1. The number of carbonyl (C=O) groups is 3. The first-order valence-electron chi connectivity index (χ1n) is 9.25. The summed E-state index contributed by atoms with van der Waals surface area (Å²) in [6, 6.07) is 13.1. The van der Waals surface area contributed by atoms with Gasteiger partial charge < -0.3 is 15.5 Å². The van der Waals surface area contributed by atoms with Crippen molar-refractivity contribution in [2.24, 2.45) is 5.92 Å². The van der Waals surface area contributed by atoms with Gasteiger partial charge in [0, 0.05) is 31.3 Å². The number of benzene rings is 2. The SMILES string of the molecule is CC(=O)Nc1ccc2nc(NC(=O)[C@@H]3CC(=O)N(c4ccc(C)cc4)C3)sc2c1. The van der Waals surface area contributed by atoms with Gasteiger partial charge in [-0.1, -0.05) is 29.0 Å². The molecule has 1 aromatic heterocycles. The van der Waals surface area contributed by atoms with Crippen LogP contribution in [0.3, 0.4) is 0 Å². The largest absolute Gasteiger partial charge is 0.326 e. The standard InChI is InChI=1S/C21H20N4O3S/c1-12-3-6-16(7-4-12)25-11-14(9-19(25)27)20(28)24-21-23-17-8-5-15(22-13(2)26)10-18(17)29-21/h3-8,10,14H,9,11H2,1-2H3,(H,22,26)(H,23,24,28)/t14-/m1/s1. The van der Waals surface area contributed by atoms with E-state index >= 15 is 0 Å². The highest BCUT2D eigenvalue weighted by Crippen LogP contribution is 2.30. The highest BCUT2D eigenvalue weighted by molar-refractivity contribution is 7.22. The number of anilines is 3. The Hall–Kier alpha value is -3.26. The Labute approximate surface area is 171 Å². The molecule has 0 unspecified atom stereocenters. The zero-order chi connectivity index (χ0) is 20.5. The van der Waals surface area contributed by atoms with Crippen molar-refractivity contribution in [1.82, 2.24) is 4.98 Å². The molecule has 0 bridgehead atoms. The lowest BCUT2D eigenvalue weighted by Crippen LogP contribution is -2.28. The number of nitrogens with one attached hydrogen (secondary N) is 2. The number of aromatic nitrogens is 1. The molecule has 1 fully saturated rings. The number of hydrogen-bond donors (Lipinski definition) is 2. The fourth-order valence-corrected chi connectivity index (χ4v) is 4.23. The Morgan fingerprint density at radius 2 is 1.90 bits per heavy atom. The second kappa shape index (κ2) is 7.63. The van der Waals surface area contributed by atoms with Crippen molar-refractivity contribution in [3.8, 4) is 0 Å². The van der Waals surface area contributed by atoms with E-state index in [4.69, 9.17) is 0 Å². The minimum atomic E-state index is -0.425. The van der Waals surface area contributed by atoms with Crippen molar-refractivity contribution in [2.75, 3.05) is 22.1 Å². The Kier molecular flexibility index (Phi) is 5.02. The molecule has 1 saturated heterocycles. The van der Waals surface area contributed by atoms with Crippen LogP contribution in [0.4, 0.5) is 16.5 Å². The van der Waals surface area contributed by atoms with Gasteiger partial charge in [0.2, 0.25) is 17.7 Å². The van der Waals surface area contributed by atoms with E-state index < -0.39 is 5.92 Å². The minimum absolute atomic E-state index is 0.0572. The van der Waals surface area contributed by atoms with E-state index in [1.807, 2.05) is 37.3 Å². The van der Waals surface area contributed by atoms with Gasteiger partial charge in [-0.2, -0.15) is 0 Å². The fourth-order valence-electron chi connectivity index (χ4n) is 3.32. The third-order valence-electron chi connectivity index (χ3n) is 4.78. The Balaban J connectivity index is 1.46. The Morgan fingerprint density at radius 3 is 2.62 bits per heavy atom. The van der Waals surface area contributed by atoms with Gasteiger partial charge in [-0.3, -0.25) is 14.4 Å². The molecule has 1 aliphatic rings. The van der Waals surface area contributed by atoms with Gasteiger partial charge >= 0.3 is 0 Å². The number of hydrogen-bond acceptors (Lipinski definition) is 5. The summed E-state index contributed by atoms with van der Waals surface area (Å²) < 4.78 is 0.857. The molecule has 2 heterocycles. The number of carbonyl (C=O) groups excluding carboxylic acids is 3. The molecule has 29 heavy (non-hydrogen) atoms. The molecule has 0 radical (unpaired) electrons. The molecule has 0 spiro atoms. The number of fused-ring (bicyclic) bond motifs is 1. The van der Waals surface area contributed by atoms with Gasteiger partial charge in [-0.15, -0.1) is 0 Å². The maximum Gasteiger partial charge on any atom is 0.231 e. The van der Waals surface area contributed by atoms with Gasteiger partial charge in [0.1, 0.15) is 0 Å². The van der Waals surface area contributed by atoms with E-state index in [9.17, 15) is 14.4 Å². The summed E-state index contributed by atoms with van der Waals surface area (Å²) in [5, 5.41) is 6.05. The molecular weight excluding hydrogens is 388 g/mol. The Morgan fingerprint density at radius 1 is 1.14 bits per heavy atom. The van der Waals surface area contributed by atoms with Crippen LogP contribution in [0.5, 0.6) is 0 Å². The summed E-state index contributed by atoms with van der Waals surface area (Å²) in [5.74, 6) is -0.843. The summed E-state index contributed by atoms with van der Waals surface area (Å²) in [6.07, 6.45) is 0.178. The highest BCUT2D eigenvalue weighted by Gasteiger charge is 2.35. The van der Waals surface area contributed by atoms with Crippen molar-refractivity contribution in [1.29, 1.82) is 0 Å². The monoisotopic (exact) mass is 408 g/mol. The quantitative estimate of drug-likeness (QED) is 0.691. The molecule has 8 heteroatoms. The van der Waals surface area contributed by atoms with E-state index in [1.54, 1.807) is 17.0 Å². The molecule has 2 N–H and O–H groups in total. The molecule has 3 amide bonds. The van der Waals surface area contributed by atoms with Gasteiger partial charge in [-0.25, -0.2) is 4.98 Å². The van der Waals surface area contributed by atoms with Gasteiger partial charge in [0.05, 0.1) is 16.1 Å². The lowest BCUT2D eigenvalue weighted by molar-refractivity contribution is -0.122. The normalized spacial score (nSPS) is 16.3. The van der Waals surface area contributed by atoms with Crippen LogP contribution in [0, 0.1) is 12.8 Å². The number of rotatable bonds is 4. The lowest BCUT2D eigenvalue weighted by Gasteiger charge is -2.16. The molecule has 2 aromatic carbocycles. The topological polar surface area (TPSA) is 91.4 Å². The van der Waals surface area contributed by atoms with Crippen LogP contribution in [0.25, 0.3) is 10.2 Å². The number of thiazole rings is 1. The van der Waals surface area contributed by atoms with Gasteiger partial charge in [-0.05, 0) is 37.3 Å². The number of aryl methyl sites for hydroxylation is 1. The van der Waals surface area contributed by atoms with Crippen LogP contribution >= 0.6 is 11.3 Å². The van der Waals surface area contributed by atoms with Crippen molar-refractivity contribution in [3.05, 3.63) is 48.0 Å². The molecule has 1 aliphatic heterocycles. The zero-order valence-electron chi connectivity index (χ0n) is 16.1. The van der Waals surface area contributed by atoms with Crippen LogP contribution in [-0.2, 0) is 14.4 Å². The predicted molar refractivity (Wildman–Crippen MR) is 114 cm³/mol. The minimum Gasteiger partial charge on any atom is -0.326 e. The highest BCUT2D eigenvalue weighted by atomic mass is 32.1. The Bertz CT molecular complexity index is 1110. The third-order valence-corrected chi connectivity index (χ3v) is 5.71. The molecule has 4 rings (SSSR count). The maximum atomic E-state index is 12.7. The molecular formula is C21H20N4O3S.